The van der Waals surface area contributed by atoms with Gasteiger partial charge < -0.3 is 29.4 Å². The van der Waals surface area contributed by atoms with Gasteiger partial charge in [-0.05, 0) is 49.4 Å². The maximum atomic E-state index is 9.79. The van der Waals surface area contributed by atoms with Gasteiger partial charge in [-0.15, -0.1) is 0 Å². The summed E-state index contributed by atoms with van der Waals surface area (Å²) in [5, 5.41) is 14.0. The molecule has 2 aliphatic rings. The van der Waals surface area contributed by atoms with Crippen LogP contribution in [0, 0.1) is 11.3 Å². The van der Waals surface area contributed by atoms with E-state index >= 15 is 0 Å². The van der Waals surface area contributed by atoms with E-state index in [2.05, 4.69) is 49.4 Å². The number of nitrogens with one attached hydrogen (secondary N) is 2. The molecule has 0 bridgehead atoms. The van der Waals surface area contributed by atoms with Gasteiger partial charge in [0, 0.05) is 41.8 Å². The molecular weight excluding hydrogens is 468 g/mol. The fraction of sp³-hybridized carbons (Fsp3) is 0.321. The Morgan fingerprint density at radius 2 is 1.92 bits per heavy atom. The lowest BCUT2D eigenvalue weighted by molar-refractivity contribution is 0.122. The van der Waals surface area contributed by atoms with E-state index in [1.54, 1.807) is 13.4 Å². The molecule has 4 heterocycles. The number of aromatic amines is 1. The Balaban J connectivity index is 1.34. The van der Waals surface area contributed by atoms with Gasteiger partial charge in [0.25, 0.3) is 0 Å². The lowest BCUT2D eigenvalue weighted by atomic mass is 10.0. The van der Waals surface area contributed by atoms with Gasteiger partial charge in [-0.1, -0.05) is 6.07 Å². The van der Waals surface area contributed by atoms with Crippen LogP contribution in [-0.2, 0) is 4.74 Å². The quantitative estimate of drug-likeness (QED) is 0.416. The van der Waals surface area contributed by atoms with Crippen molar-refractivity contribution in [1.29, 1.82) is 5.26 Å². The number of aromatic nitrogens is 3. The summed E-state index contributed by atoms with van der Waals surface area (Å²) in [6, 6.07) is 16.2. The molecule has 0 aliphatic carbocycles. The van der Waals surface area contributed by atoms with Gasteiger partial charge >= 0.3 is 0 Å². The van der Waals surface area contributed by atoms with Crippen LogP contribution in [0.4, 0.5) is 5.69 Å². The molecule has 2 N–H and O–H groups in total. The van der Waals surface area contributed by atoms with Crippen LogP contribution in [0.2, 0.25) is 0 Å². The van der Waals surface area contributed by atoms with Crippen molar-refractivity contribution in [2.75, 3.05) is 51.4 Å². The molecule has 37 heavy (non-hydrogen) atoms. The number of ether oxygens (including phenoxy) is 3. The van der Waals surface area contributed by atoms with E-state index in [4.69, 9.17) is 14.2 Å². The van der Waals surface area contributed by atoms with Gasteiger partial charge in [0.05, 0.1) is 37.3 Å². The molecule has 1 unspecified atom stereocenters. The molecule has 2 saturated heterocycles. The summed E-state index contributed by atoms with van der Waals surface area (Å²) >= 11 is 0. The Kier molecular flexibility index (Phi) is 6.35. The highest BCUT2D eigenvalue weighted by atomic mass is 16.5. The third kappa shape index (κ3) is 4.57. The molecule has 0 spiro atoms. The maximum Gasteiger partial charge on any atom is 0.142 e. The average Bonchev–Trinajstić information content (AvgIpc) is 3.63. The molecule has 2 aliphatic heterocycles. The summed E-state index contributed by atoms with van der Waals surface area (Å²) in [5.41, 5.74) is 5.79. The number of nitrogens with zero attached hydrogens (tertiary/aromatic N) is 4. The van der Waals surface area contributed by atoms with Crippen LogP contribution in [0.1, 0.15) is 12.0 Å². The molecule has 2 fully saturated rings. The van der Waals surface area contributed by atoms with Crippen molar-refractivity contribution in [3.05, 3.63) is 54.4 Å². The summed E-state index contributed by atoms with van der Waals surface area (Å²) in [5.74, 6) is 1.42. The molecule has 2 aromatic heterocycles. The third-order valence-corrected chi connectivity index (χ3v) is 6.95. The van der Waals surface area contributed by atoms with Crippen LogP contribution >= 0.6 is 0 Å². The van der Waals surface area contributed by atoms with Gasteiger partial charge in [-0.2, -0.15) is 5.26 Å². The molecule has 9 nitrogen and oxygen atoms in total. The van der Waals surface area contributed by atoms with Crippen molar-refractivity contribution in [2.24, 2.45) is 0 Å². The number of nitriles is 1. The van der Waals surface area contributed by atoms with E-state index in [-0.39, 0.29) is 6.10 Å². The highest BCUT2D eigenvalue weighted by Gasteiger charge is 2.20. The summed E-state index contributed by atoms with van der Waals surface area (Å²) in [7, 11) is 1.70. The normalized spacial score (nSPS) is 17.6. The van der Waals surface area contributed by atoms with Crippen molar-refractivity contribution < 1.29 is 14.2 Å². The molecule has 188 valence electrons. The predicted octanol–water partition coefficient (Wildman–Crippen LogP) is 3.75. The number of anilines is 1. The second kappa shape index (κ2) is 10.1. The van der Waals surface area contributed by atoms with E-state index in [9.17, 15) is 5.26 Å². The first-order valence-electron chi connectivity index (χ1n) is 12.5. The van der Waals surface area contributed by atoms with Crippen molar-refractivity contribution in [3.8, 4) is 40.1 Å². The van der Waals surface area contributed by atoms with Crippen LogP contribution in [0.5, 0.6) is 11.5 Å². The lowest BCUT2D eigenvalue weighted by Gasteiger charge is -2.30. The standard InChI is InChI=1S/C28H28N6O3/c1-35-26-13-18(2-4-24(26)34-8-10-36-11-9-34)23-14-22-27(31-17-32-28(22)33-23)19-3-5-25(20(12-19)15-29)37-21-6-7-30-16-21/h2-5,12-14,17,21,30H,6-11,16H2,1H3,(H,31,32,33). The Morgan fingerprint density at radius 3 is 2.70 bits per heavy atom. The minimum atomic E-state index is 0.0857. The molecule has 6 rings (SSSR count). The van der Waals surface area contributed by atoms with Gasteiger partial charge in [0.1, 0.15) is 35.6 Å². The van der Waals surface area contributed by atoms with Gasteiger partial charge in [0.2, 0.25) is 0 Å². The number of benzene rings is 2. The zero-order chi connectivity index (χ0) is 25.2. The van der Waals surface area contributed by atoms with E-state index in [1.165, 1.54) is 0 Å². The fourth-order valence-electron chi connectivity index (χ4n) is 5.01. The summed E-state index contributed by atoms with van der Waals surface area (Å²) < 4.78 is 17.3. The highest BCUT2D eigenvalue weighted by molar-refractivity contribution is 5.94. The van der Waals surface area contributed by atoms with Crippen LogP contribution in [0.3, 0.4) is 0 Å². The number of morpholine rings is 1. The molecule has 0 saturated carbocycles. The average molecular weight is 497 g/mol. The number of hydrogen-bond acceptors (Lipinski definition) is 8. The third-order valence-electron chi connectivity index (χ3n) is 6.95. The number of fused-ring (bicyclic) bond motifs is 1. The molecule has 4 aromatic rings. The van der Waals surface area contributed by atoms with Crippen molar-refractivity contribution >= 4 is 16.7 Å². The Labute approximate surface area is 215 Å². The van der Waals surface area contributed by atoms with Crippen LogP contribution in [0.25, 0.3) is 33.5 Å². The molecule has 9 heteroatoms. The first-order chi connectivity index (χ1) is 18.2. The number of methoxy groups -OCH3 is 1. The Morgan fingerprint density at radius 1 is 1.05 bits per heavy atom. The maximum absolute atomic E-state index is 9.79. The van der Waals surface area contributed by atoms with Crippen molar-refractivity contribution in [2.45, 2.75) is 12.5 Å². The van der Waals surface area contributed by atoms with Gasteiger partial charge in [-0.25, -0.2) is 9.97 Å². The lowest BCUT2D eigenvalue weighted by Crippen LogP contribution is -2.36. The summed E-state index contributed by atoms with van der Waals surface area (Å²) in [4.78, 5) is 14.7. The van der Waals surface area contributed by atoms with Crippen molar-refractivity contribution in [1.82, 2.24) is 20.3 Å². The smallest absolute Gasteiger partial charge is 0.142 e. The minimum Gasteiger partial charge on any atom is -0.495 e. The second-order valence-corrected chi connectivity index (χ2v) is 9.21. The minimum absolute atomic E-state index is 0.0857. The first-order valence-corrected chi connectivity index (χ1v) is 12.5. The number of hydrogen-bond donors (Lipinski definition) is 2. The molecule has 0 amide bonds. The Bertz CT molecular complexity index is 1460. The number of rotatable bonds is 6. The van der Waals surface area contributed by atoms with E-state index < -0.39 is 0 Å². The summed E-state index contributed by atoms with van der Waals surface area (Å²) in [6.45, 7) is 4.84. The highest BCUT2D eigenvalue weighted by Crippen LogP contribution is 2.36. The SMILES string of the molecule is COc1cc(-c2cc3c(-c4ccc(OC5CCNC5)c(C#N)c4)ncnc3[nH]2)ccc1N1CCOCC1. The molecule has 1 atom stereocenters. The van der Waals surface area contributed by atoms with Crippen LogP contribution in [0.15, 0.2) is 48.8 Å². The fourth-order valence-corrected chi connectivity index (χ4v) is 5.01. The second-order valence-electron chi connectivity index (χ2n) is 9.21. The first kappa shape index (κ1) is 23.3. The Hall–Kier alpha value is -4.13. The zero-order valence-electron chi connectivity index (χ0n) is 20.7. The topological polar surface area (TPSA) is 108 Å². The van der Waals surface area contributed by atoms with E-state index in [1.807, 2.05) is 24.3 Å². The van der Waals surface area contributed by atoms with Crippen LogP contribution < -0.4 is 19.7 Å². The largest absolute Gasteiger partial charge is 0.495 e. The molecule has 2 aromatic carbocycles. The number of H-pyrrole nitrogens is 1. The molecule has 0 radical (unpaired) electrons. The van der Waals surface area contributed by atoms with E-state index in [0.717, 1.165) is 77.6 Å². The zero-order valence-corrected chi connectivity index (χ0v) is 20.7. The van der Waals surface area contributed by atoms with Gasteiger partial charge in [-0.3, -0.25) is 0 Å². The summed E-state index contributed by atoms with van der Waals surface area (Å²) in [6.07, 6.45) is 2.56. The van der Waals surface area contributed by atoms with Crippen molar-refractivity contribution in [3.63, 3.8) is 0 Å². The van der Waals surface area contributed by atoms with E-state index in [0.29, 0.717) is 24.5 Å². The van der Waals surface area contributed by atoms with Crippen LogP contribution in [-0.4, -0.2) is 67.6 Å². The predicted molar refractivity (Wildman–Crippen MR) is 141 cm³/mol. The molecular formula is C28H28N6O3. The van der Waals surface area contributed by atoms with Gasteiger partial charge in [0.15, 0.2) is 0 Å². The monoisotopic (exact) mass is 496 g/mol.